The average molecular weight is 242 g/mol. The second-order valence-corrected chi connectivity index (χ2v) is 6.38. The Bertz CT molecular complexity index is 236. The maximum atomic E-state index is 4.69. The van der Waals surface area contributed by atoms with Gasteiger partial charge in [0, 0.05) is 11.3 Å². The zero-order valence-corrected chi connectivity index (χ0v) is 12.1. The largest absolute Gasteiger partial charge is 0.362 e. The summed E-state index contributed by atoms with van der Waals surface area (Å²) >= 11 is 1.90. The van der Waals surface area contributed by atoms with Crippen molar-refractivity contribution in [3.05, 3.63) is 0 Å². The van der Waals surface area contributed by atoms with Gasteiger partial charge in [-0.3, -0.25) is 4.99 Å². The molecule has 0 radical (unpaired) electrons. The lowest BCUT2D eigenvalue weighted by atomic mass is 9.96. The summed E-state index contributed by atoms with van der Waals surface area (Å²) in [5, 5.41) is 5.45. The second kappa shape index (κ2) is 6.53. The first-order valence-corrected chi connectivity index (χ1v) is 7.45. The first-order valence-electron chi connectivity index (χ1n) is 6.57. The van der Waals surface area contributed by atoms with Gasteiger partial charge in [0.2, 0.25) is 0 Å². The van der Waals surface area contributed by atoms with Gasteiger partial charge in [0.05, 0.1) is 6.04 Å². The highest BCUT2D eigenvalue weighted by Crippen LogP contribution is 2.25. The minimum atomic E-state index is 0.479. The summed E-state index contributed by atoms with van der Waals surface area (Å²) in [7, 11) is 0. The van der Waals surface area contributed by atoms with Crippen molar-refractivity contribution in [3.8, 4) is 0 Å². The maximum Gasteiger partial charge on any atom is 0.157 e. The van der Waals surface area contributed by atoms with Crippen molar-refractivity contribution in [1.82, 2.24) is 5.32 Å². The Balaban J connectivity index is 2.52. The summed E-state index contributed by atoms with van der Waals surface area (Å²) in [6.45, 7) is 11.3. The van der Waals surface area contributed by atoms with Gasteiger partial charge in [0.25, 0.3) is 0 Å². The van der Waals surface area contributed by atoms with Gasteiger partial charge >= 0.3 is 0 Å². The van der Waals surface area contributed by atoms with E-state index in [1.165, 1.54) is 19.3 Å². The molecule has 0 fully saturated rings. The second-order valence-electron chi connectivity index (χ2n) is 4.96. The molecular weight excluding hydrogens is 216 g/mol. The molecule has 0 aromatic carbocycles. The Morgan fingerprint density at radius 1 is 1.38 bits per heavy atom. The molecule has 0 aromatic rings. The summed E-state index contributed by atoms with van der Waals surface area (Å²) in [4.78, 5) is 4.69. The lowest BCUT2D eigenvalue weighted by Crippen LogP contribution is -2.39. The number of hydrogen-bond acceptors (Lipinski definition) is 3. The van der Waals surface area contributed by atoms with Crippen molar-refractivity contribution < 1.29 is 0 Å². The van der Waals surface area contributed by atoms with Crippen LogP contribution in [0.3, 0.4) is 0 Å². The summed E-state index contributed by atoms with van der Waals surface area (Å²) in [6, 6.07) is 1.02. The molecule has 3 atom stereocenters. The van der Waals surface area contributed by atoms with E-state index in [9.17, 15) is 0 Å². The summed E-state index contributed by atoms with van der Waals surface area (Å²) in [5.41, 5.74) is 0. The number of nitrogens with zero attached hydrogens (tertiary/aromatic N) is 1. The molecule has 3 heteroatoms. The monoisotopic (exact) mass is 242 g/mol. The van der Waals surface area contributed by atoms with Crippen LogP contribution in [0.25, 0.3) is 0 Å². The summed E-state index contributed by atoms with van der Waals surface area (Å²) in [5.74, 6) is 0.760. The van der Waals surface area contributed by atoms with Gasteiger partial charge in [-0.05, 0) is 26.2 Å². The van der Waals surface area contributed by atoms with Crippen molar-refractivity contribution in [3.63, 3.8) is 0 Å². The summed E-state index contributed by atoms with van der Waals surface area (Å²) in [6.07, 6.45) is 3.69. The quantitative estimate of drug-likeness (QED) is 0.813. The van der Waals surface area contributed by atoms with E-state index in [-0.39, 0.29) is 0 Å². The van der Waals surface area contributed by atoms with Crippen LogP contribution in [0, 0.1) is 5.92 Å². The lowest BCUT2D eigenvalue weighted by molar-refractivity contribution is 0.391. The standard InChI is InChI=1S/C13H26N2S/c1-6-12(7-2)11(5)15-13-14-9(3)8-10(4)16-13/h9-12H,6-8H2,1-5H3,(H,14,15). The molecule has 1 rings (SSSR count). The Labute approximate surface area is 105 Å². The van der Waals surface area contributed by atoms with Gasteiger partial charge in [-0.15, -0.1) is 0 Å². The van der Waals surface area contributed by atoms with Crippen molar-refractivity contribution in [2.24, 2.45) is 10.9 Å². The number of nitrogens with one attached hydrogen (secondary N) is 1. The molecule has 0 bridgehead atoms. The van der Waals surface area contributed by atoms with Gasteiger partial charge in [-0.2, -0.15) is 0 Å². The van der Waals surface area contributed by atoms with E-state index in [0.717, 1.165) is 11.1 Å². The van der Waals surface area contributed by atoms with E-state index in [2.05, 4.69) is 39.9 Å². The normalized spacial score (nSPS) is 27.8. The summed E-state index contributed by atoms with van der Waals surface area (Å²) < 4.78 is 0. The zero-order valence-electron chi connectivity index (χ0n) is 11.3. The van der Waals surface area contributed by atoms with E-state index in [4.69, 9.17) is 4.99 Å². The predicted molar refractivity (Wildman–Crippen MR) is 75.2 cm³/mol. The molecule has 0 saturated heterocycles. The number of hydrogen-bond donors (Lipinski definition) is 1. The van der Waals surface area contributed by atoms with Crippen LogP contribution >= 0.6 is 11.8 Å². The molecule has 0 aliphatic carbocycles. The molecule has 1 N–H and O–H groups in total. The minimum absolute atomic E-state index is 0.479. The van der Waals surface area contributed by atoms with Crippen LogP contribution in [0.15, 0.2) is 4.99 Å². The van der Waals surface area contributed by atoms with Crippen LogP contribution in [-0.2, 0) is 0 Å². The number of rotatable bonds is 4. The molecule has 1 aliphatic heterocycles. The van der Waals surface area contributed by atoms with Crippen molar-refractivity contribution in [2.45, 2.75) is 71.2 Å². The molecule has 3 unspecified atom stereocenters. The predicted octanol–water partition coefficient (Wildman–Crippen LogP) is 3.67. The third kappa shape index (κ3) is 4.00. The van der Waals surface area contributed by atoms with Crippen LogP contribution in [-0.4, -0.2) is 22.5 Å². The van der Waals surface area contributed by atoms with E-state index in [0.29, 0.717) is 17.3 Å². The molecule has 94 valence electrons. The van der Waals surface area contributed by atoms with E-state index in [1.54, 1.807) is 0 Å². The molecular formula is C13H26N2S. The zero-order chi connectivity index (χ0) is 12.1. The molecule has 1 heterocycles. The lowest BCUT2D eigenvalue weighted by Gasteiger charge is -2.28. The van der Waals surface area contributed by atoms with Gasteiger partial charge in [-0.1, -0.05) is 45.4 Å². The smallest absolute Gasteiger partial charge is 0.157 e. The molecule has 2 nitrogen and oxygen atoms in total. The highest BCUT2D eigenvalue weighted by molar-refractivity contribution is 8.14. The third-order valence-corrected chi connectivity index (χ3v) is 4.47. The van der Waals surface area contributed by atoms with Gasteiger partial charge in [-0.25, -0.2) is 0 Å². The Morgan fingerprint density at radius 2 is 2.00 bits per heavy atom. The fourth-order valence-corrected chi connectivity index (χ4v) is 3.63. The molecule has 0 amide bonds. The van der Waals surface area contributed by atoms with Crippen LogP contribution in [0.2, 0.25) is 0 Å². The maximum absolute atomic E-state index is 4.69. The van der Waals surface area contributed by atoms with E-state index >= 15 is 0 Å². The number of aliphatic imine (C=N–C) groups is 1. The topological polar surface area (TPSA) is 24.4 Å². The number of thioether (sulfide) groups is 1. The highest BCUT2D eigenvalue weighted by atomic mass is 32.2. The fourth-order valence-electron chi connectivity index (χ4n) is 2.38. The van der Waals surface area contributed by atoms with Gasteiger partial charge in [0.15, 0.2) is 5.17 Å². The Hall–Kier alpha value is -0.180. The SMILES string of the molecule is CCC(CC)C(C)NC1=NC(C)CC(C)S1. The van der Waals surface area contributed by atoms with Crippen LogP contribution in [0.5, 0.6) is 0 Å². The average Bonchev–Trinajstić information content (AvgIpc) is 2.17. The van der Waals surface area contributed by atoms with Gasteiger partial charge < -0.3 is 5.32 Å². The van der Waals surface area contributed by atoms with Crippen LogP contribution in [0.4, 0.5) is 0 Å². The van der Waals surface area contributed by atoms with Crippen molar-refractivity contribution in [1.29, 1.82) is 0 Å². The first kappa shape index (κ1) is 13.9. The highest BCUT2D eigenvalue weighted by Gasteiger charge is 2.21. The molecule has 16 heavy (non-hydrogen) atoms. The fraction of sp³-hybridized carbons (Fsp3) is 0.923. The van der Waals surface area contributed by atoms with Crippen molar-refractivity contribution in [2.75, 3.05) is 0 Å². The molecule has 0 saturated carbocycles. The molecule has 1 aliphatic rings. The minimum Gasteiger partial charge on any atom is -0.362 e. The first-order chi connectivity index (χ1) is 7.56. The van der Waals surface area contributed by atoms with Crippen molar-refractivity contribution >= 4 is 16.9 Å². The number of amidine groups is 1. The van der Waals surface area contributed by atoms with E-state index < -0.39 is 0 Å². The third-order valence-electron chi connectivity index (χ3n) is 3.43. The van der Waals surface area contributed by atoms with E-state index in [1.807, 2.05) is 11.8 Å². The van der Waals surface area contributed by atoms with Gasteiger partial charge in [0.1, 0.15) is 0 Å². The van der Waals surface area contributed by atoms with Crippen LogP contribution in [0.1, 0.15) is 53.9 Å². The molecule has 0 spiro atoms. The Kier molecular flexibility index (Phi) is 5.67. The van der Waals surface area contributed by atoms with Crippen LogP contribution < -0.4 is 5.32 Å². The Morgan fingerprint density at radius 3 is 2.50 bits per heavy atom. The molecule has 0 aromatic heterocycles.